The first-order valence-corrected chi connectivity index (χ1v) is 11.9. The van der Waals surface area contributed by atoms with E-state index in [0.29, 0.717) is 44.9 Å². The zero-order chi connectivity index (χ0) is 23.6. The lowest BCUT2D eigenvalue weighted by atomic mass is 10.0. The molecule has 0 radical (unpaired) electrons. The van der Waals surface area contributed by atoms with Crippen LogP contribution in [0, 0.1) is 13.8 Å². The van der Waals surface area contributed by atoms with Crippen molar-refractivity contribution >= 4 is 17.6 Å². The third-order valence-electron chi connectivity index (χ3n) is 5.91. The predicted octanol–water partition coefficient (Wildman–Crippen LogP) is 3.60. The summed E-state index contributed by atoms with van der Waals surface area (Å²) >= 11 is 0. The van der Waals surface area contributed by atoms with Crippen LogP contribution in [0.4, 0.5) is 5.82 Å². The lowest BCUT2D eigenvalue weighted by molar-refractivity contribution is 0.0745. The number of hydrogen-bond acceptors (Lipinski definition) is 5. The van der Waals surface area contributed by atoms with Gasteiger partial charge in [0, 0.05) is 57.7 Å². The second kappa shape index (κ2) is 12.3. The van der Waals surface area contributed by atoms with Gasteiger partial charge in [-0.25, -0.2) is 4.98 Å². The Labute approximate surface area is 197 Å². The van der Waals surface area contributed by atoms with Crippen LogP contribution in [-0.4, -0.2) is 67.6 Å². The highest BCUT2D eigenvalue weighted by atomic mass is 16.5. The molecule has 0 spiro atoms. The van der Waals surface area contributed by atoms with Crippen molar-refractivity contribution in [3.05, 3.63) is 58.8 Å². The van der Waals surface area contributed by atoms with Crippen molar-refractivity contribution in [2.45, 2.75) is 40.0 Å². The average molecular weight is 453 g/mol. The van der Waals surface area contributed by atoms with E-state index in [4.69, 9.17) is 4.74 Å². The number of amides is 2. The number of ether oxygens (including phenoxy) is 1. The number of piperazine rings is 1. The van der Waals surface area contributed by atoms with Crippen LogP contribution in [0.2, 0.25) is 0 Å². The Morgan fingerprint density at radius 3 is 2.45 bits per heavy atom. The summed E-state index contributed by atoms with van der Waals surface area (Å²) < 4.78 is 5.51. The Morgan fingerprint density at radius 2 is 1.79 bits per heavy atom. The molecule has 2 amide bonds. The molecule has 2 aromatic rings. The zero-order valence-corrected chi connectivity index (χ0v) is 20.1. The number of pyridine rings is 1. The Balaban J connectivity index is 1.44. The van der Waals surface area contributed by atoms with E-state index in [0.717, 1.165) is 48.4 Å². The highest BCUT2D eigenvalue weighted by Gasteiger charge is 2.24. The molecule has 1 aromatic carbocycles. The number of anilines is 1. The van der Waals surface area contributed by atoms with Crippen LogP contribution < -0.4 is 10.2 Å². The third-order valence-corrected chi connectivity index (χ3v) is 5.91. The highest BCUT2D eigenvalue weighted by Crippen LogP contribution is 2.18. The Hall–Kier alpha value is -2.93. The molecule has 7 heteroatoms. The van der Waals surface area contributed by atoms with Gasteiger partial charge in [-0.2, -0.15) is 0 Å². The van der Waals surface area contributed by atoms with E-state index < -0.39 is 0 Å². The van der Waals surface area contributed by atoms with Crippen molar-refractivity contribution in [2.24, 2.45) is 0 Å². The molecule has 1 saturated heterocycles. The molecule has 178 valence electrons. The lowest BCUT2D eigenvalue weighted by Crippen LogP contribution is -2.49. The number of rotatable bonds is 10. The smallest absolute Gasteiger partial charge is 0.254 e. The summed E-state index contributed by atoms with van der Waals surface area (Å²) in [5.41, 5.74) is 3.50. The van der Waals surface area contributed by atoms with E-state index >= 15 is 0 Å². The number of aryl methyl sites for hydroxylation is 2. The normalized spacial score (nSPS) is 13.8. The number of nitrogens with one attached hydrogen (secondary N) is 1. The molecule has 33 heavy (non-hydrogen) atoms. The fourth-order valence-electron chi connectivity index (χ4n) is 3.90. The minimum Gasteiger partial charge on any atom is -0.381 e. The molecular formula is C26H36N4O3. The maximum Gasteiger partial charge on any atom is 0.254 e. The van der Waals surface area contributed by atoms with Gasteiger partial charge in [-0.1, -0.05) is 31.0 Å². The largest absolute Gasteiger partial charge is 0.381 e. The summed E-state index contributed by atoms with van der Waals surface area (Å²) in [6.07, 6.45) is 4.62. The van der Waals surface area contributed by atoms with E-state index in [1.807, 2.05) is 49.1 Å². The minimum absolute atomic E-state index is 0.0860. The number of carbonyl (C=O) groups excluding carboxylic acids is 2. The second-order valence-corrected chi connectivity index (χ2v) is 8.58. The molecule has 7 nitrogen and oxygen atoms in total. The number of carbonyl (C=O) groups is 2. The standard InChI is InChI=1S/C26H36N4O3/c1-4-5-16-33-17-6-11-27-25(31)22-8-10-24(28-19-22)29-12-14-30(15-13-29)26(32)23-9-7-20(2)18-21(23)3/h7-10,18-19H,4-6,11-17H2,1-3H3,(H,27,31). The average Bonchev–Trinajstić information content (AvgIpc) is 2.83. The van der Waals surface area contributed by atoms with E-state index in [9.17, 15) is 9.59 Å². The molecule has 1 aliphatic rings. The van der Waals surface area contributed by atoms with E-state index in [-0.39, 0.29) is 11.8 Å². The summed E-state index contributed by atoms with van der Waals surface area (Å²) in [7, 11) is 0. The van der Waals surface area contributed by atoms with Crippen LogP contribution in [0.25, 0.3) is 0 Å². The van der Waals surface area contributed by atoms with Crippen LogP contribution in [-0.2, 0) is 4.74 Å². The van der Waals surface area contributed by atoms with Crippen molar-refractivity contribution in [3.8, 4) is 0 Å². The topological polar surface area (TPSA) is 74.8 Å². The zero-order valence-electron chi connectivity index (χ0n) is 20.1. The molecule has 1 aliphatic heterocycles. The van der Waals surface area contributed by atoms with Crippen molar-refractivity contribution < 1.29 is 14.3 Å². The number of unbranched alkanes of at least 4 members (excludes halogenated alkanes) is 1. The van der Waals surface area contributed by atoms with Gasteiger partial charge in [0.2, 0.25) is 0 Å². The fourth-order valence-corrected chi connectivity index (χ4v) is 3.90. The number of nitrogens with zero attached hydrogens (tertiary/aromatic N) is 3. The summed E-state index contributed by atoms with van der Waals surface area (Å²) in [6.45, 7) is 10.9. The summed E-state index contributed by atoms with van der Waals surface area (Å²) in [4.78, 5) is 33.8. The molecule has 0 unspecified atom stereocenters. The molecule has 2 heterocycles. The highest BCUT2D eigenvalue weighted by molar-refractivity contribution is 5.96. The van der Waals surface area contributed by atoms with Gasteiger partial charge >= 0.3 is 0 Å². The lowest BCUT2D eigenvalue weighted by Gasteiger charge is -2.35. The van der Waals surface area contributed by atoms with Crippen LogP contribution in [0.15, 0.2) is 36.5 Å². The van der Waals surface area contributed by atoms with E-state index in [1.165, 1.54) is 0 Å². The van der Waals surface area contributed by atoms with E-state index in [2.05, 4.69) is 22.1 Å². The van der Waals surface area contributed by atoms with Crippen LogP contribution >= 0.6 is 0 Å². The third kappa shape index (κ3) is 7.02. The van der Waals surface area contributed by atoms with Gasteiger partial charge in [0.15, 0.2) is 0 Å². The van der Waals surface area contributed by atoms with Crippen LogP contribution in [0.5, 0.6) is 0 Å². The van der Waals surface area contributed by atoms with Gasteiger partial charge < -0.3 is 19.9 Å². The van der Waals surface area contributed by atoms with Gasteiger partial charge in [-0.3, -0.25) is 9.59 Å². The number of benzene rings is 1. The minimum atomic E-state index is -0.119. The van der Waals surface area contributed by atoms with Crippen molar-refractivity contribution in [2.75, 3.05) is 50.8 Å². The molecule has 1 fully saturated rings. The second-order valence-electron chi connectivity index (χ2n) is 8.58. The van der Waals surface area contributed by atoms with Crippen LogP contribution in [0.3, 0.4) is 0 Å². The maximum absolute atomic E-state index is 12.9. The first-order valence-electron chi connectivity index (χ1n) is 11.9. The molecule has 0 atom stereocenters. The molecule has 1 N–H and O–H groups in total. The molecule has 0 bridgehead atoms. The first-order chi connectivity index (χ1) is 16.0. The van der Waals surface area contributed by atoms with Crippen molar-refractivity contribution in [3.63, 3.8) is 0 Å². The summed E-state index contributed by atoms with van der Waals surface area (Å²) in [5.74, 6) is 0.795. The SMILES string of the molecule is CCCCOCCCNC(=O)c1ccc(N2CCN(C(=O)c3ccc(C)cc3C)CC2)nc1. The van der Waals surface area contributed by atoms with Crippen molar-refractivity contribution in [1.29, 1.82) is 0 Å². The molecule has 3 rings (SSSR count). The maximum atomic E-state index is 12.9. The fraction of sp³-hybridized carbons (Fsp3) is 0.500. The summed E-state index contributed by atoms with van der Waals surface area (Å²) in [5, 5.41) is 2.91. The van der Waals surface area contributed by atoms with Gasteiger partial charge in [0.25, 0.3) is 11.8 Å². The van der Waals surface area contributed by atoms with Crippen LogP contribution in [0.1, 0.15) is 58.0 Å². The monoisotopic (exact) mass is 452 g/mol. The Kier molecular flexibility index (Phi) is 9.24. The van der Waals surface area contributed by atoms with E-state index in [1.54, 1.807) is 6.20 Å². The Bertz CT molecular complexity index is 922. The quantitative estimate of drug-likeness (QED) is 0.558. The molecular weight excluding hydrogens is 416 g/mol. The molecule has 1 aromatic heterocycles. The van der Waals surface area contributed by atoms with Crippen molar-refractivity contribution in [1.82, 2.24) is 15.2 Å². The van der Waals surface area contributed by atoms with Gasteiger partial charge in [-0.05, 0) is 50.5 Å². The number of aromatic nitrogens is 1. The van der Waals surface area contributed by atoms with Gasteiger partial charge in [0.05, 0.1) is 5.56 Å². The molecule has 0 aliphatic carbocycles. The molecule has 0 saturated carbocycles. The Morgan fingerprint density at radius 1 is 1.03 bits per heavy atom. The predicted molar refractivity (Wildman–Crippen MR) is 131 cm³/mol. The number of hydrogen-bond donors (Lipinski definition) is 1. The van der Waals surface area contributed by atoms with Gasteiger partial charge in [-0.15, -0.1) is 0 Å². The first kappa shape index (κ1) is 24.7. The van der Waals surface area contributed by atoms with Gasteiger partial charge in [0.1, 0.15) is 5.82 Å². The summed E-state index contributed by atoms with van der Waals surface area (Å²) in [6, 6.07) is 9.64.